The van der Waals surface area contributed by atoms with E-state index in [-0.39, 0.29) is 21.6 Å². The van der Waals surface area contributed by atoms with Crippen molar-refractivity contribution in [3.63, 3.8) is 0 Å². The Balaban J connectivity index is 2.03. The summed E-state index contributed by atoms with van der Waals surface area (Å²) in [5.41, 5.74) is 5.25. The Bertz CT molecular complexity index is 1230. The zero-order valence-corrected chi connectivity index (χ0v) is 16.4. The first kappa shape index (κ1) is 20.1. The van der Waals surface area contributed by atoms with Gasteiger partial charge in [0.2, 0.25) is 5.43 Å². The second-order valence-corrected chi connectivity index (χ2v) is 7.84. The second-order valence-electron chi connectivity index (χ2n) is 7.46. The van der Waals surface area contributed by atoms with Crippen molar-refractivity contribution in [2.75, 3.05) is 18.0 Å². The van der Waals surface area contributed by atoms with Crippen LogP contribution < -0.4 is 20.8 Å². The highest BCUT2D eigenvalue weighted by Gasteiger charge is 2.38. The maximum atomic E-state index is 14.9. The lowest BCUT2D eigenvalue weighted by molar-refractivity contribution is 0.144. The number of fused-ring (bicyclic) bond motifs is 1. The highest BCUT2D eigenvalue weighted by atomic mass is 35.5. The van der Waals surface area contributed by atoms with Crippen LogP contribution in [0.1, 0.15) is 6.92 Å². The molecule has 0 radical (unpaired) electrons. The van der Waals surface area contributed by atoms with E-state index < -0.39 is 34.5 Å². The van der Waals surface area contributed by atoms with Crippen molar-refractivity contribution in [3.8, 4) is 11.4 Å². The molecule has 3 N–H and O–H groups in total. The van der Waals surface area contributed by atoms with Crippen LogP contribution in [0.15, 0.2) is 41.3 Å². The molecular formula is C20H16ClF2N3O4. The topological polar surface area (TPSA) is 97.8 Å². The van der Waals surface area contributed by atoms with E-state index in [0.29, 0.717) is 18.8 Å². The SMILES string of the molecule is CC1(N)CN(c2c(F)cc3c(=O)c(OC(=O)O)cn(-c4ccc(F)cc4)c3c2Cl)C1. The second kappa shape index (κ2) is 6.96. The maximum Gasteiger partial charge on any atom is 0.511 e. The van der Waals surface area contributed by atoms with E-state index in [1.807, 2.05) is 6.92 Å². The molecule has 2 aromatic carbocycles. The lowest BCUT2D eigenvalue weighted by atomic mass is 9.92. The van der Waals surface area contributed by atoms with Crippen molar-refractivity contribution < 1.29 is 23.4 Å². The van der Waals surface area contributed by atoms with Gasteiger partial charge in [-0.3, -0.25) is 4.79 Å². The molecule has 4 rings (SSSR count). The minimum absolute atomic E-state index is 0.0520. The van der Waals surface area contributed by atoms with Gasteiger partial charge in [0.25, 0.3) is 0 Å². The third-order valence-corrected chi connectivity index (χ3v) is 5.20. The van der Waals surface area contributed by atoms with Crippen molar-refractivity contribution in [2.24, 2.45) is 5.73 Å². The van der Waals surface area contributed by atoms with Gasteiger partial charge in [0.15, 0.2) is 5.75 Å². The molecule has 0 spiro atoms. The summed E-state index contributed by atoms with van der Waals surface area (Å²) in [6.07, 6.45) is -0.578. The molecule has 30 heavy (non-hydrogen) atoms. The van der Waals surface area contributed by atoms with Crippen LogP contribution in [0.25, 0.3) is 16.6 Å². The molecule has 10 heteroatoms. The van der Waals surface area contributed by atoms with Gasteiger partial charge >= 0.3 is 6.16 Å². The van der Waals surface area contributed by atoms with E-state index in [2.05, 4.69) is 4.74 Å². The minimum atomic E-state index is -1.71. The Morgan fingerprint density at radius 2 is 1.90 bits per heavy atom. The van der Waals surface area contributed by atoms with E-state index in [1.54, 1.807) is 4.90 Å². The normalized spacial score (nSPS) is 15.2. The lowest BCUT2D eigenvalue weighted by Crippen LogP contribution is -2.65. The van der Waals surface area contributed by atoms with Gasteiger partial charge in [-0.15, -0.1) is 0 Å². The van der Waals surface area contributed by atoms with Gasteiger partial charge in [0.05, 0.1) is 27.8 Å². The van der Waals surface area contributed by atoms with Crippen molar-refractivity contribution >= 4 is 34.3 Å². The van der Waals surface area contributed by atoms with E-state index in [0.717, 1.165) is 12.3 Å². The van der Waals surface area contributed by atoms with Gasteiger partial charge < -0.3 is 25.0 Å². The first-order valence-corrected chi connectivity index (χ1v) is 9.23. The molecule has 7 nitrogen and oxygen atoms in total. The summed E-state index contributed by atoms with van der Waals surface area (Å²) in [6.45, 7) is 2.53. The summed E-state index contributed by atoms with van der Waals surface area (Å²) < 4.78 is 34.3. The predicted octanol–water partition coefficient (Wildman–Crippen LogP) is 3.52. The number of pyridine rings is 1. The summed E-state index contributed by atoms with van der Waals surface area (Å²) in [6, 6.07) is 6.17. The molecule has 1 aromatic heterocycles. The number of ether oxygens (including phenoxy) is 1. The number of halogens is 3. The summed E-state index contributed by atoms with van der Waals surface area (Å²) in [5.74, 6) is -1.79. The molecule has 0 unspecified atom stereocenters. The highest BCUT2D eigenvalue weighted by molar-refractivity contribution is 6.38. The zero-order valence-electron chi connectivity index (χ0n) is 15.7. The number of carbonyl (C=O) groups is 1. The van der Waals surface area contributed by atoms with Crippen molar-refractivity contribution in [1.29, 1.82) is 0 Å². The molecule has 1 fully saturated rings. The van der Waals surface area contributed by atoms with E-state index >= 15 is 0 Å². The molecular weight excluding hydrogens is 420 g/mol. The fourth-order valence-electron chi connectivity index (χ4n) is 3.63. The van der Waals surface area contributed by atoms with E-state index in [1.165, 1.54) is 28.8 Å². The van der Waals surface area contributed by atoms with Crippen LogP contribution >= 0.6 is 11.6 Å². The van der Waals surface area contributed by atoms with Crippen LogP contribution in [-0.2, 0) is 0 Å². The van der Waals surface area contributed by atoms with Crippen LogP contribution in [0.2, 0.25) is 5.02 Å². The number of anilines is 1. The number of nitrogens with zero attached hydrogens (tertiary/aromatic N) is 2. The Labute approximate surface area is 173 Å². The molecule has 0 atom stereocenters. The molecule has 0 amide bonds. The molecule has 3 aromatic rings. The Kier molecular flexibility index (Phi) is 4.67. The summed E-state index contributed by atoms with van der Waals surface area (Å²) in [7, 11) is 0. The van der Waals surface area contributed by atoms with Crippen molar-refractivity contribution in [3.05, 3.63) is 63.4 Å². The standard InChI is InChI=1S/C20H16ClF2N3O4/c1-20(24)8-25(9-20)17-13(23)6-12-16(15(17)21)26(11-4-2-10(22)3-5-11)7-14(18(12)27)30-19(28)29/h2-7H,8-9,24H2,1H3,(H,28,29). The number of aromatic nitrogens is 1. The van der Waals surface area contributed by atoms with Gasteiger partial charge in [-0.05, 0) is 37.3 Å². The molecule has 156 valence electrons. The summed E-state index contributed by atoms with van der Waals surface area (Å²) in [4.78, 5) is 25.4. The third-order valence-electron chi connectivity index (χ3n) is 4.85. The highest BCUT2D eigenvalue weighted by Crippen LogP contribution is 2.40. The number of carboxylic acid groups (broad SMARTS) is 1. The Morgan fingerprint density at radius 3 is 2.47 bits per heavy atom. The molecule has 1 aliphatic heterocycles. The maximum absolute atomic E-state index is 14.9. The van der Waals surface area contributed by atoms with Crippen LogP contribution in [0.3, 0.4) is 0 Å². The van der Waals surface area contributed by atoms with Gasteiger partial charge in [0, 0.05) is 24.3 Å². The monoisotopic (exact) mass is 435 g/mol. The number of hydrogen-bond donors (Lipinski definition) is 2. The first-order chi connectivity index (χ1) is 14.1. The fourth-order valence-corrected chi connectivity index (χ4v) is 4.03. The average molecular weight is 436 g/mol. The molecule has 0 saturated carbocycles. The van der Waals surface area contributed by atoms with Crippen LogP contribution in [0, 0.1) is 11.6 Å². The number of hydrogen-bond acceptors (Lipinski definition) is 5. The van der Waals surface area contributed by atoms with Crippen molar-refractivity contribution in [1.82, 2.24) is 4.57 Å². The third kappa shape index (κ3) is 3.35. The van der Waals surface area contributed by atoms with Crippen LogP contribution in [0.4, 0.5) is 19.3 Å². The number of nitrogens with two attached hydrogens (primary N) is 1. The molecule has 1 saturated heterocycles. The summed E-state index contributed by atoms with van der Waals surface area (Å²) in [5, 5.41) is 8.71. The van der Waals surface area contributed by atoms with Gasteiger partial charge in [-0.25, -0.2) is 13.6 Å². The lowest BCUT2D eigenvalue weighted by Gasteiger charge is -2.47. The smallest absolute Gasteiger partial charge is 0.449 e. The largest absolute Gasteiger partial charge is 0.511 e. The van der Waals surface area contributed by atoms with Crippen molar-refractivity contribution in [2.45, 2.75) is 12.5 Å². The van der Waals surface area contributed by atoms with Gasteiger partial charge in [-0.2, -0.15) is 0 Å². The predicted molar refractivity (Wildman–Crippen MR) is 108 cm³/mol. The number of benzene rings is 2. The molecule has 0 aliphatic carbocycles. The van der Waals surface area contributed by atoms with E-state index in [4.69, 9.17) is 22.4 Å². The average Bonchev–Trinajstić information content (AvgIpc) is 2.63. The summed E-state index contributed by atoms with van der Waals surface area (Å²) >= 11 is 6.55. The Hall–Kier alpha value is -3.17. The van der Waals surface area contributed by atoms with Crippen LogP contribution in [0.5, 0.6) is 5.75 Å². The molecule has 0 bridgehead atoms. The van der Waals surface area contributed by atoms with Crippen LogP contribution in [-0.4, -0.2) is 34.5 Å². The quantitative estimate of drug-likeness (QED) is 0.611. The zero-order chi connectivity index (χ0) is 21.8. The Morgan fingerprint density at radius 1 is 1.27 bits per heavy atom. The fraction of sp³-hybridized carbons (Fsp3) is 0.200. The minimum Gasteiger partial charge on any atom is -0.449 e. The molecule has 2 heterocycles. The molecule has 1 aliphatic rings. The van der Waals surface area contributed by atoms with Gasteiger partial charge in [0.1, 0.15) is 11.6 Å². The van der Waals surface area contributed by atoms with E-state index in [9.17, 15) is 18.4 Å². The number of rotatable bonds is 3. The first-order valence-electron chi connectivity index (χ1n) is 8.85. The van der Waals surface area contributed by atoms with Gasteiger partial charge in [-0.1, -0.05) is 11.6 Å².